The molecular formula is C25H24N6O2. The number of nitrogens with zero attached hydrogens (tertiary/aromatic N) is 5. The van der Waals surface area contributed by atoms with Crippen LogP contribution in [0.5, 0.6) is 0 Å². The van der Waals surface area contributed by atoms with Crippen molar-refractivity contribution < 1.29 is 4.79 Å². The molecular weight excluding hydrogens is 416 g/mol. The number of amides is 1. The Morgan fingerprint density at radius 3 is 2.48 bits per heavy atom. The van der Waals surface area contributed by atoms with Crippen LogP contribution >= 0.6 is 0 Å². The first kappa shape index (κ1) is 20.8. The van der Waals surface area contributed by atoms with Crippen molar-refractivity contribution >= 4 is 5.91 Å². The molecule has 0 unspecified atom stereocenters. The van der Waals surface area contributed by atoms with Crippen LogP contribution in [0.2, 0.25) is 0 Å². The summed E-state index contributed by atoms with van der Waals surface area (Å²) in [5, 5.41) is 7.53. The SMILES string of the molecule is C[C@@H](c1ccccc1)n1cnc(C(=O)NC2(c3ccc(-c4cncn(C)c4=O)cc3)CC2)n1. The van der Waals surface area contributed by atoms with E-state index in [1.807, 2.05) is 61.5 Å². The summed E-state index contributed by atoms with van der Waals surface area (Å²) in [6.07, 6.45) is 6.34. The lowest BCUT2D eigenvalue weighted by Crippen LogP contribution is -2.35. The summed E-state index contributed by atoms with van der Waals surface area (Å²) >= 11 is 0. The molecule has 1 N–H and O–H groups in total. The van der Waals surface area contributed by atoms with E-state index < -0.39 is 5.54 Å². The number of aryl methyl sites for hydroxylation is 1. The first-order valence-electron chi connectivity index (χ1n) is 10.9. The number of rotatable bonds is 6. The average Bonchev–Trinajstić information content (AvgIpc) is 3.45. The topological polar surface area (TPSA) is 94.7 Å². The zero-order valence-corrected chi connectivity index (χ0v) is 18.5. The summed E-state index contributed by atoms with van der Waals surface area (Å²) in [4.78, 5) is 33.6. The van der Waals surface area contributed by atoms with Crippen molar-refractivity contribution in [3.05, 3.63) is 101 Å². The van der Waals surface area contributed by atoms with Gasteiger partial charge >= 0.3 is 0 Å². The summed E-state index contributed by atoms with van der Waals surface area (Å²) in [7, 11) is 1.68. The average molecular weight is 441 g/mol. The highest BCUT2D eigenvalue weighted by Crippen LogP contribution is 2.45. The number of nitrogens with one attached hydrogen (secondary N) is 1. The van der Waals surface area contributed by atoms with Gasteiger partial charge in [0.1, 0.15) is 6.33 Å². The Kier molecular flexibility index (Phi) is 5.12. The summed E-state index contributed by atoms with van der Waals surface area (Å²) in [5.41, 5.74) is 2.91. The van der Waals surface area contributed by atoms with Gasteiger partial charge in [-0.15, -0.1) is 5.10 Å². The number of carbonyl (C=O) groups excluding carboxylic acids is 1. The normalized spacial score (nSPS) is 15.1. The van der Waals surface area contributed by atoms with Gasteiger partial charge in [0.05, 0.1) is 23.5 Å². The van der Waals surface area contributed by atoms with Gasteiger partial charge in [0.2, 0.25) is 5.82 Å². The molecule has 0 radical (unpaired) electrons. The Bertz CT molecular complexity index is 1350. The molecule has 33 heavy (non-hydrogen) atoms. The van der Waals surface area contributed by atoms with E-state index in [-0.39, 0.29) is 23.3 Å². The largest absolute Gasteiger partial charge is 0.340 e. The molecule has 0 saturated heterocycles. The van der Waals surface area contributed by atoms with Crippen molar-refractivity contribution in [2.45, 2.75) is 31.3 Å². The quantitative estimate of drug-likeness (QED) is 0.497. The highest BCUT2D eigenvalue weighted by molar-refractivity contribution is 5.91. The van der Waals surface area contributed by atoms with Crippen molar-refractivity contribution in [2.75, 3.05) is 0 Å². The summed E-state index contributed by atoms with van der Waals surface area (Å²) in [6.45, 7) is 2.02. The van der Waals surface area contributed by atoms with Crippen molar-refractivity contribution in [1.29, 1.82) is 0 Å². The van der Waals surface area contributed by atoms with Gasteiger partial charge < -0.3 is 9.88 Å². The van der Waals surface area contributed by atoms with Crippen LogP contribution in [-0.2, 0) is 12.6 Å². The standard InChI is InChI=1S/C25H24N6O2/c1-17(18-6-4-3-5-7-18)31-16-27-22(29-31)23(32)28-25(12-13-25)20-10-8-19(9-11-20)21-14-26-15-30(2)24(21)33/h3-11,14-17H,12-13H2,1-2H3,(H,28,32)/t17-/m0/s1. The molecule has 2 aromatic heterocycles. The van der Waals surface area contributed by atoms with Crippen LogP contribution in [0, 0.1) is 0 Å². The number of carbonyl (C=O) groups is 1. The lowest BCUT2D eigenvalue weighted by molar-refractivity contribution is 0.0920. The van der Waals surface area contributed by atoms with E-state index in [1.54, 1.807) is 24.3 Å². The molecule has 1 aliphatic carbocycles. The monoisotopic (exact) mass is 440 g/mol. The number of hydrogen-bond donors (Lipinski definition) is 1. The molecule has 0 bridgehead atoms. The fraction of sp³-hybridized carbons (Fsp3) is 0.240. The summed E-state index contributed by atoms with van der Waals surface area (Å²) in [5.74, 6) is -0.142. The number of aromatic nitrogens is 5. The molecule has 1 atom stereocenters. The van der Waals surface area contributed by atoms with Gasteiger partial charge in [-0.2, -0.15) is 0 Å². The molecule has 1 amide bonds. The maximum Gasteiger partial charge on any atom is 0.291 e. The summed E-state index contributed by atoms with van der Waals surface area (Å²) in [6, 6.07) is 17.7. The van der Waals surface area contributed by atoms with Crippen LogP contribution in [0.4, 0.5) is 0 Å². The van der Waals surface area contributed by atoms with E-state index in [9.17, 15) is 9.59 Å². The van der Waals surface area contributed by atoms with Crippen LogP contribution < -0.4 is 10.9 Å². The predicted molar refractivity (Wildman–Crippen MR) is 124 cm³/mol. The minimum atomic E-state index is -0.425. The highest BCUT2D eigenvalue weighted by Gasteiger charge is 2.46. The second kappa shape index (κ2) is 8.12. The Morgan fingerprint density at radius 1 is 1.06 bits per heavy atom. The van der Waals surface area contributed by atoms with Gasteiger partial charge in [-0.05, 0) is 36.5 Å². The molecule has 8 nitrogen and oxygen atoms in total. The van der Waals surface area contributed by atoms with Crippen molar-refractivity contribution in [1.82, 2.24) is 29.6 Å². The minimum absolute atomic E-state index is 0.0251. The lowest BCUT2D eigenvalue weighted by atomic mass is 10.0. The molecule has 2 heterocycles. The Balaban J connectivity index is 1.32. The molecule has 1 saturated carbocycles. The second-order valence-electron chi connectivity index (χ2n) is 8.47. The smallest absolute Gasteiger partial charge is 0.291 e. The molecule has 2 aromatic carbocycles. The first-order chi connectivity index (χ1) is 16.0. The zero-order chi connectivity index (χ0) is 23.0. The third-order valence-electron chi connectivity index (χ3n) is 6.24. The second-order valence-corrected chi connectivity index (χ2v) is 8.47. The van der Waals surface area contributed by atoms with E-state index in [4.69, 9.17) is 0 Å². The summed E-state index contributed by atoms with van der Waals surface area (Å²) < 4.78 is 3.16. The molecule has 0 spiro atoms. The molecule has 4 aromatic rings. The number of hydrogen-bond acceptors (Lipinski definition) is 5. The Hall–Kier alpha value is -4.07. The van der Waals surface area contributed by atoms with Crippen LogP contribution in [-0.4, -0.2) is 30.2 Å². The third-order valence-corrected chi connectivity index (χ3v) is 6.24. The van der Waals surface area contributed by atoms with Crippen molar-refractivity contribution in [3.8, 4) is 11.1 Å². The van der Waals surface area contributed by atoms with Gasteiger partial charge in [0, 0.05) is 13.2 Å². The van der Waals surface area contributed by atoms with Crippen LogP contribution in [0.3, 0.4) is 0 Å². The van der Waals surface area contributed by atoms with E-state index in [2.05, 4.69) is 20.4 Å². The fourth-order valence-corrected chi connectivity index (χ4v) is 4.01. The zero-order valence-electron chi connectivity index (χ0n) is 18.5. The Labute approximate surface area is 191 Å². The van der Waals surface area contributed by atoms with Gasteiger partial charge in [0.25, 0.3) is 11.5 Å². The molecule has 1 aliphatic rings. The fourth-order valence-electron chi connectivity index (χ4n) is 4.01. The third kappa shape index (κ3) is 3.95. The van der Waals surface area contributed by atoms with Gasteiger partial charge in [-0.1, -0.05) is 54.6 Å². The minimum Gasteiger partial charge on any atom is -0.340 e. The maximum atomic E-state index is 12.9. The van der Waals surface area contributed by atoms with E-state index >= 15 is 0 Å². The molecule has 0 aliphatic heterocycles. The molecule has 1 fully saturated rings. The van der Waals surface area contributed by atoms with Gasteiger partial charge in [0.15, 0.2) is 0 Å². The van der Waals surface area contributed by atoms with E-state index in [0.29, 0.717) is 5.56 Å². The number of benzene rings is 2. The maximum absolute atomic E-state index is 12.9. The predicted octanol–water partition coefficient (Wildman–Crippen LogP) is 3.07. The van der Waals surface area contributed by atoms with E-state index in [0.717, 1.165) is 29.5 Å². The van der Waals surface area contributed by atoms with Crippen molar-refractivity contribution in [3.63, 3.8) is 0 Å². The van der Waals surface area contributed by atoms with Crippen molar-refractivity contribution in [2.24, 2.45) is 7.05 Å². The van der Waals surface area contributed by atoms with E-state index in [1.165, 1.54) is 10.9 Å². The lowest BCUT2D eigenvalue weighted by Gasteiger charge is -2.17. The van der Waals surface area contributed by atoms with Gasteiger partial charge in [-0.25, -0.2) is 14.6 Å². The molecule has 166 valence electrons. The van der Waals surface area contributed by atoms with Gasteiger partial charge in [-0.3, -0.25) is 9.59 Å². The highest BCUT2D eigenvalue weighted by atomic mass is 16.2. The van der Waals surface area contributed by atoms with Crippen LogP contribution in [0.15, 0.2) is 78.2 Å². The molecule has 5 rings (SSSR count). The molecule has 8 heteroatoms. The Morgan fingerprint density at radius 2 is 1.79 bits per heavy atom. The first-order valence-corrected chi connectivity index (χ1v) is 10.9. The van der Waals surface area contributed by atoms with Crippen LogP contribution in [0.1, 0.15) is 47.6 Å². The van der Waals surface area contributed by atoms with Crippen LogP contribution in [0.25, 0.3) is 11.1 Å².